The van der Waals surface area contributed by atoms with E-state index in [1.54, 1.807) is 22.7 Å². The molecule has 2 unspecified atom stereocenters. The Morgan fingerprint density at radius 3 is 1.39 bits per heavy atom. The van der Waals surface area contributed by atoms with Crippen molar-refractivity contribution in [2.75, 3.05) is 13.2 Å². The fraction of sp³-hybridized carbons (Fsp3) is 0.375. The Balaban J connectivity index is 1.44. The van der Waals surface area contributed by atoms with Crippen LogP contribution in [0.5, 0.6) is 11.5 Å². The number of aliphatic hydroxyl groups excluding tert-OH is 2. The van der Waals surface area contributed by atoms with Crippen LogP contribution in [0.25, 0.3) is 30.6 Å². The third-order valence-electron chi connectivity index (χ3n) is 6.58. The predicted octanol–water partition coefficient (Wildman–Crippen LogP) is 8.67. The summed E-state index contributed by atoms with van der Waals surface area (Å²) in [7, 11) is 0. The number of para-hydroxylation sites is 2. The molecule has 0 saturated heterocycles. The number of ether oxygens (including phenoxy) is 2. The van der Waals surface area contributed by atoms with Crippen molar-refractivity contribution in [1.82, 2.24) is 0 Å². The van der Waals surface area contributed by atoms with Gasteiger partial charge in [-0.1, -0.05) is 38.1 Å². The van der Waals surface area contributed by atoms with Gasteiger partial charge in [-0.25, -0.2) is 0 Å². The summed E-state index contributed by atoms with van der Waals surface area (Å²) < 4.78 is 12.2. The fourth-order valence-corrected chi connectivity index (χ4v) is 6.40. The van der Waals surface area contributed by atoms with E-state index in [0.29, 0.717) is 13.2 Å². The van der Waals surface area contributed by atoms with Crippen LogP contribution in [0.1, 0.15) is 52.4 Å². The van der Waals surface area contributed by atoms with E-state index in [-0.39, 0.29) is 12.2 Å². The van der Waals surface area contributed by atoms with Crippen LogP contribution in [0.2, 0.25) is 0 Å². The first-order valence-electron chi connectivity index (χ1n) is 13.6. The highest BCUT2D eigenvalue weighted by Crippen LogP contribution is 2.43. The van der Waals surface area contributed by atoms with Gasteiger partial charge in [0.05, 0.1) is 25.4 Å². The van der Waals surface area contributed by atoms with Crippen molar-refractivity contribution in [3.63, 3.8) is 0 Å². The molecule has 0 aliphatic rings. The number of hydrogen-bond donors (Lipinski definition) is 2. The van der Waals surface area contributed by atoms with E-state index in [2.05, 4.69) is 36.4 Å². The van der Waals surface area contributed by atoms with Crippen molar-refractivity contribution in [3.8, 4) is 42.1 Å². The zero-order valence-corrected chi connectivity index (χ0v) is 23.9. The smallest absolute Gasteiger partial charge is 0.127 e. The lowest BCUT2D eigenvalue weighted by Gasteiger charge is -2.12. The van der Waals surface area contributed by atoms with Crippen LogP contribution in [0.15, 0.2) is 72.8 Å². The Hall–Kier alpha value is -2.64. The van der Waals surface area contributed by atoms with E-state index in [4.69, 9.17) is 9.47 Å². The maximum absolute atomic E-state index is 9.80. The Kier molecular flexibility index (Phi) is 10.8. The summed E-state index contributed by atoms with van der Waals surface area (Å²) in [6, 6.07) is 25.1. The quantitative estimate of drug-likeness (QED) is 0.145. The summed E-state index contributed by atoms with van der Waals surface area (Å²) >= 11 is 3.54. The summed E-state index contributed by atoms with van der Waals surface area (Å²) in [6.07, 6.45) is 4.26. The van der Waals surface area contributed by atoms with Gasteiger partial charge in [0.2, 0.25) is 0 Å². The zero-order chi connectivity index (χ0) is 26.7. The average molecular weight is 551 g/mol. The maximum atomic E-state index is 9.80. The van der Waals surface area contributed by atoms with Gasteiger partial charge in [-0.05, 0) is 87.1 Å². The Morgan fingerprint density at radius 1 is 0.579 bits per heavy atom. The molecule has 4 nitrogen and oxygen atoms in total. The average Bonchev–Trinajstić information content (AvgIpc) is 3.64. The molecule has 0 radical (unpaired) electrons. The van der Waals surface area contributed by atoms with Crippen LogP contribution < -0.4 is 9.47 Å². The standard InChI is InChI=1S/C32H38O4S2/c1-3-23(33)11-9-21-35-27-15-7-5-13-25(27)29-17-19-31(37-29)32-20-18-30(38-32)26-14-6-8-16-28(26)36-22-10-12-24(34)4-2/h5-8,13-20,23-24,33-34H,3-4,9-12,21-22H2,1-2H3. The molecule has 0 saturated carbocycles. The highest BCUT2D eigenvalue weighted by atomic mass is 32.1. The van der Waals surface area contributed by atoms with E-state index in [0.717, 1.165) is 61.2 Å². The molecular weight excluding hydrogens is 512 g/mol. The van der Waals surface area contributed by atoms with Crippen molar-refractivity contribution < 1.29 is 19.7 Å². The highest BCUT2D eigenvalue weighted by molar-refractivity contribution is 7.25. The molecule has 0 amide bonds. The largest absolute Gasteiger partial charge is 0.493 e. The molecule has 202 valence electrons. The van der Waals surface area contributed by atoms with Gasteiger partial charge >= 0.3 is 0 Å². The third-order valence-corrected chi connectivity index (χ3v) is 9.01. The predicted molar refractivity (Wildman–Crippen MR) is 161 cm³/mol. The highest BCUT2D eigenvalue weighted by Gasteiger charge is 2.14. The van der Waals surface area contributed by atoms with E-state index in [1.165, 1.54) is 19.5 Å². The van der Waals surface area contributed by atoms with Crippen LogP contribution in [-0.4, -0.2) is 35.6 Å². The first-order chi connectivity index (χ1) is 18.6. The summed E-state index contributed by atoms with van der Waals surface area (Å²) in [4.78, 5) is 4.81. The lowest BCUT2D eigenvalue weighted by Crippen LogP contribution is -2.07. The fourth-order valence-electron chi connectivity index (χ4n) is 4.23. The number of benzene rings is 2. The van der Waals surface area contributed by atoms with Gasteiger partial charge in [-0.3, -0.25) is 0 Å². The number of hydrogen-bond acceptors (Lipinski definition) is 6. The van der Waals surface area contributed by atoms with Crippen LogP contribution in [0, 0.1) is 0 Å². The molecule has 2 heterocycles. The molecule has 0 spiro atoms. The van der Waals surface area contributed by atoms with Crippen molar-refractivity contribution in [1.29, 1.82) is 0 Å². The first kappa shape index (κ1) is 28.4. The summed E-state index contributed by atoms with van der Waals surface area (Å²) in [5.74, 6) is 1.77. The molecule has 2 atom stereocenters. The molecule has 38 heavy (non-hydrogen) atoms. The second-order valence-corrected chi connectivity index (χ2v) is 11.6. The van der Waals surface area contributed by atoms with Gasteiger partial charge in [-0.2, -0.15) is 0 Å². The van der Waals surface area contributed by atoms with E-state index in [9.17, 15) is 10.2 Å². The van der Waals surface area contributed by atoms with Crippen LogP contribution in [0.4, 0.5) is 0 Å². The molecule has 2 N–H and O–H groups in total. The van der Waals surface area contributed by atoms with Gasteiger partial charge in [-0.15, -0.1) is 22.7 Å². The minimum atomic E-state index is -0.247. The van der Waals surface area contributed by atoms with Gasteiger partial charge in [0.1, 0.15) is 11.5 Å². The minimum Gasteiger partial charge on any atom is -0.493 e. The van der Waals surface area contributed by atoms with Crippen molar-refractivity contribution in [2.45, 2.75) is 64.6 Å². The molecular formula is C32H38O4S2. The SMILES string of the molecule is CCC(O)CCCOc1ccccc1-c1ccc(-c2ccc(-c3ccccc3OCCCC(O)CC)s2)s1. The second-order valence-electron chi connectivity index (χ2n) is 9.43. The zero-order valence-electron chi connectivity index (χ0n) is 22.3. The van der Waals surface area contributed by atoms with Crippen molar-refractivity contribution in [2.24, 2.45) is 0 Å². The van der Waals surface area contributed by atoms with E-state index in [1.807, 2.05) is 50.2 Å². The van der Waals surface area contributed by atoms with Gasteiger partial charge in [0.15, 0.2) is 0 Å². The molecule has 4 rings (SSSR count). The van der Waals surface area contributed by atoms with Crippen LogP contribution >= 0.6 is 22.7 Å². The van der Waals surface area contributed by atoms with Gasteiger partial charge in [0, 0.05) is 30.6 Å². The number of thiophene rings is 2. The monoisotopic (exact) mass is 550 g/mol. The number of rotatable bonds is 15. The van der Waals surface area contributed by atoms with E-state index < -0.39 is 0 Å². The maximum Gasteiger partial charge on any atom is 0.127 e. The Labute approximate surface area is 234 Å². The minimum absolute atomic E-state index is 0.247. The van der Waals surface area contributed by atoms with Crippen LogP contribution in [-0.2, 0) is 0 Å². The summed E-state index contributed by atoms with van der Waals surface area (Å²) in [5, 5.41) is 19.6. The third kappa shape index (κ3) is 7.70. The van der Waals surface area contributed by atoms with Crippen molar-refractivity contribution in [3.05, 3.63) is 72.8 Å². The van der Waals surface area contributed by atoms with Gasteiger partial charge < -0.3 is 19.7 Å². The second kappa shape index (κ2) is 14.5. The molecule has 0 bridgehead atoms. The molecule has 2 aromatic heterocycles. The Morgan fingerprint density at radius 2 is 0.974 bits per heavy atom. The molecule has 0 aliphatic heterocycles. The first-order valence-corrected chi connectivity index (χ1v) is 15.2. The van der Waals surface area contributed by atoms with Gasteiger partial charge in [0.25, 0.3) is 0 Å². The topological polar surface area (TPSA) is 58.9 Å². The summed E-state index contributed by atoms with van der Waals surface area (Å²) in [6.45, 7) is 5.20. The lowest BCUT2D eigenvalue weighted by molar-refractivity contribution is 0.148. The normalized spacial score (nSPS) is 12.8. The summed E-state index contributed by atoms with van der Waals surface area (Å²) in [5.41, 5.74) is 2.20. The molecule has 0 fully saturated rings. The molecule has 0 aliphatic carbocycles. The molecule has 6 heteroatoms. The van der Waals surface area contributed by atoms with Crippen molar-refractivity contribution >= 4 is 22.7 Å². The molecule has 4 aromatic rings. The van der Waals surface area contributed by atoms with E-state index >= 15 is 0 Å². The van der Waals surface area contributed by atoms with Crippen LogP contribution in [0.3, 0.4) is 0 Å². The lowest BCUT2D eigenvalue weighted by atomic mass is 10.1. The molecule has 2 aromatic carbocycles. The Bertz CT molecular complexity index is 1160. The number of aliphatic hydroxyl groups is 2.